The van der Waals surface area contributed by atoms with Crippen LogP contribution in [0.2, 0.25) is 0 Å². The summed E-state index contributed by atoms with van der Waals surface area (Å²) in [5.41, 5.74) is 2.00. The summed E-state index contributed by atoms with van der Waals surface area (Å²) in [4.78, 5) is 16.4. The van der Waals surface area contributed by atoms with Gasteiger partial charge in [-0.05, 0) is 30.0 Å². The van der Waals surface area contributed by atoms with Crippen molar-refractivity contribution in [2.45, 2.75) is 31.4 Å². The summed E-state index contributed by atoms with van der Waals surface area (Å²) in [6.45, 7) is -0.750. The second kappa shape index (κ2) is 7.57. The Morgan fingerprint density at radius 3 is 2.96 bits per heavy atom. The van der Waals surface area contributed by atoms with Gasteiger partial charge >= 0.3 is 0 Å². The number of ether oxygens (including phenoxy) is 1. The van der Waals surface area contributed by atoms with Crippen LogP contribution in [0.15, 0.2) is 42.6 Å². The molecule has 1 heterocycles. The van der Waals surface area contributed by atoms with Crippen LogP contribution < -0.4 is 10.1 Å². The molecule has 1 aromatic heterocycles. The van der Waals surface area contributed by atoms with Crippen LogP contribution in [0.25, 0.3) is 0 Å². The zero-order valence-corrected chi connectivity index (χ0v) is 13.4. The Labute approximate surface area is 143 Å². The number of amides is 1. The summed E-state index contributed by atoms with van der Waals surface area (Å²) in [5, 5.41) is 13.0. The third kappa shape index (κ3) is 4.11. The van der Waals surface area contributed by atoms with Gasteiger partial charge in [0.2, 0.25) is 0 Å². The molecule has 7 heteroatoms. The van der Waals surface area contributed by atoms with Crippen molar-refractivity contribution in [3.8, 4) is 5.75 Å². The maximum Gasteiger partial charge on any atom is 0.272 e. The second-order valence-corrected chi connectivity index (χ2v) is 5.83. The van der Waals surface area contributed by atoms with E-state index in [0.717, 1.165) is 17.5 Å². The van der Waals surface area contributed by atoms with Gasteiger partial charge in [-0.3, -0.25) is 9.78 Å². The van der Waals surface area contributed by atoms with Crippen molar-refractivity contribution in [3.63, 3.8) is 0 Å². The van der Waals surface area contributed by atoms with Crippen LogP contribution in [0.1, 0.15) is 34.1 Å². The number of alkyl halides is 2. The first-order chi connectivity index (χ1) is 12.0. The maximum atomic E-state index is 12.5. The molecule has 3 rings (SSSR count). The zero-order chi connectivity index (χ0) is 17.8. The number of halogens is 2. The largest absolute Gasteiger partial charge is 0.488 e. The number of benzene rings is 1. The van der Waals surface area contributed by atoms with Crippen LogP contribution in [0.3, 0.4) is 0 Å². The van der Waals surface area contributed by atoms with E-state index in [0.29, 0.717) is 6.42 Å². The number of carbonyl (C=O) groups excluding carboxylic acids is 1. The number of carbonyl (C=O) groups is 1. The zero-order valence-electron chi connectivity index (χ0n) is 13.4. The summed E-state index contributed by atoms with van der Waals surface area (Å²) in [6.07, 6.45) is -0.677. The molecule has 1 aliphatic rings. The topological polar surface area (TPSA) is 71.5 Å². The number of aliphatic hydroxyl groups excluding tert-OH is 1. The molecule has 0 unspecified atom stereocenters. The summed E-state index contributed by atoms with van der Waals surface area (Å²) in [5.74, 6) is -0.353. The first-order valence-electron chi connectivity index (χ1n) is 7.98. The lowest BCUT2D eigenvalue weighted by molar-refractivity contribution is 0.0782. The van der Waals surface area contributed by atoms with Gasteiger partial charge in [-0.25, -0.2) is 8.78 Å². The molecule has 0 aliphatic heterocycles. The molecule has 0 bridgehead atoms. The molecule has 0 saturated carbocycles. The van der Waals surface area contributed by atoms with E-state index in [2.05, 4.69) is 10.3 Å². The lowest BCUT2D eigenvalue weighted by Gasteiger charge is -2.30. The molecule has 0 spiro atoms. The molecular weight excluding hydrogens is 330 g/mol. The molecule has 132 valence electrons. The number of aromatic nitrogens is 1. The summed E-state index contributed by atoms with van der Waals surface area (Å²) in [7, 11) is 0. The van der Waals surface area contributed by atoms with E-state index in [1.165, 1.54) is 18.3 Å². The minimum Gasteiger partial charge on any atom is -0.488 e. The molecule has 2 N–H and O–H groups in total. The average molecular weight is 348 g/mol. The van der Waals surface area contributed by atoms with E-state index in [-0.39, 0.29) is 11.4 Å². The Morgan fingerprint density at radius 2 is 2.16 bits per heavy atom. The molecule has 1 aliphatic carbocycles. The number of pyridine rings is 1. The molecule has 0 radical (unpaired) electrons. The van der Waals surface area contributed by atoms with Crippen molar-refractivity contribution in [2.75, 3.05) is 6.61 Å². The summed E-state index contributed by atoms with van der Waals surface area (Å²) < 4.78 is 29.4. The number of rotatable bonds is 5. The Balaban J connectivity index is 1.75. The van der Waals surface area contributed by atoms with Crippen LogP contribution in [-0.2, 0) is 6.42 Å². The first-order valence-corrected chi connectivity index (χ1v) is 7.98. The van der Waals surface area contributed by atoms with Crippen molar-refractivity contribution in [3.05, 3.63) is 59.4 Å². The fourth-order valence-corrected chi connectivity index (χ4v) is 2.92. The third-order valence-electron chi connectivity index (χ3n) is 4.11. The number of hydrogen-bond donors (Lipinski definition) is 2. The van der Waals surface area contributed by atoms with Crippen LogP contribution in [-0.4, -0.2) is 35.1 Å². The molecule has 25 heavy (non-hydrogen) atoms. The van der Waals surface area contributed by atoms with Gasteiger partial charge in [-0.2, -0.15) is 0 Å². The third-order valence-corrected chi connectivity index (χ3v) is 4.11. The highest BCUT2D eigenvalue weighted by molar-refractivity contribution is 5.93. The Bertz CT molecular complexity index is 755. The lowest BCUT2D eigenvalue weighted by Crippen LogP contribution is -2.39. The number of fused-ring (bicyclic) bond motifs is 1. The van der Waals surface area contributed by atoms with Crippen molar-refractivity contribution in [1.29, 1.82) is 0 Å². The van der Waals surface area contributed by atoms with E-state index in [1.807, 2.05) is 24.3 Å². The maximum absolute atomic E-state index is 12.5. The van der Waals surface area contributed by atoms with Crippen molar-refractivity contribution in [1.82, 2.24) is 10.3 Å². The Morgan fingerprint density at radius 1 is 1.36 bits per heavy atom. The van der Waals surface area contributed by atoms with Crippen LogP contribution in [0.4, 0.5) is 8.78 Å². The Hall–Kier alpha value is -2.54. The Kier molecular flexibility index (Phi) is 5.23. The number of hydrogen-bond acceptors (Lipinski definition) is 4. The molecule has 1 aromatic carbocycles. The van der Waals surface area contributed by atoms with Gasteiger partial charge in [-0.1, -0.05) is 24.3 Å². The van der Waals surface area contributed by atoms with Crippen molar-refractivity contribution < 1.29 is 23.4 Å². The van der Waals surface area contributed by atoms with E-state index in [1.54, 1.807) is 0 Å². The van der Waals surface area contributed by atoms with Gasteiger partial charge in [0.15, 0.2) is 0 Å². The smallest absolute Gasteiger partial charge is 0.272 e. The van der Waals surface area contributed by atoms with E-state index < -0.39 is 31.1 Å². The van der Waals surface area contributed by atoms with Gasteiger partial charge in [0.25, 0.3) is 12.3 Å². The number of aryl methyl sites for hydroxylation is 1. The van der Waals surface area contributed by atoms with Gasteiger partial charge in [0.05, 0.1) is 12.1 Å². The fourth-order valence-electron chi connectivity index (χ4n) is 2.92. The van der Waals surface area contributed by atoms with Gasteiger partial charge < -0.3 is 15.2 Å². The van der Waals surface area contributed by atoms with E-state index in [9.17, 15) is 18.7 Å². The molecule has 0 saturated heterocycles. The predicted octanol–water partition coefficient (Wildman–Crippen LogP) is 2.50. The molecule has 1 amide bonds. The fraction of sp³-hybridized carbons (Fsp3) is 0.333. The monoisotopic (exact) mass is 348 g/mol. The molecule has 0 fully saturated rings. The molecular formula is C18H18F2N2O3. The van der Waals surface area contributed by atoms with E-state index >= 15 is 0 Å². The number of nitrogens with one attached hydrogen (secondary N) is 1. The van der Waals surface area contributed by atoms with Crippen LogP contribution >= 0.6 is 0 Å². The molecule has 5 nitrogen and oxygen atoms in total. The highest BCUT2D eigenvalue weighted by atomic mass is 19.3. The SMILES string of the molecule is O=C(N[C@@H]1c2ccccc2CC[C@@H]1O)c1cc(OCC(F)F)ccn1. The van der Waals surface area contributed by atoms with Gasteiger partial charge in [0, 0.05) is 12.3 Å². The van der Waals surface area contributed by atoms with Gasteiger partial charge in [0.1, 0.15) is 18.1 Å². The summed E-state index contributed by atoms with van der Waals surface area (Å²) in [6, 6.07) is 9.79. The van der Waals surface area contributed by atoms with Crippen molar-refractivity contribution >= 4 is 5.91 Å². The minimum atomic E-state index is -2.60. The summed E-state index contributed by atoms with van der Waals surface area (Å²) >= 11 is 0. The van der Waals surface area contributed by atoms with Crippen LogP contribution in [0.5, 0.6) is 5.75 Å². The quantitative estimate of drug-likeness (QED) is 0.871. The molecule has 2 aromatic rings. The first kappa shape index (κ1) is 17.3. The van der Waals surface area contributed by atoms with Crippen molar-refractivity contribution in [2.24, 2.45) is 0 Å². The molecule has 2 atom stereocenters. The van der Waals surface area contributed by atoms with E-state index in [4.69, 9.17) is 4.74 Å². The highest BCUT2D eigenvalue weighted by Crippen LogP contribution is 2.30. The van der Waals surface area contributed by atoms with Gasteiger partial charge in [-0.15, -0.1) is 0 Å². The second-order valence-electron chi connectivity index (χ2n) is 5.83. The lowest BCUT2D eigenvalue weighted by atomic mass is 9.85. The number of nitrogens with zero attached hydrogens (tertiary/aromatic N) is 1. The average Bonchev–Trinajstić information content (AvgIpc) is 2.62. The van der Waals surface area contributed by atoms with Crippen LogP contribution in [0, 0.1) is 0 Å². The predicted molar refractivity (Wildman–Crippen MR) is 86.7 cm³/mol. The number of aliphatic hydroxyl groups is 1. The minimum absolute atomic E-state index is 0.0435. The standard InChI is InChI=1S/C18H18F2N2O3/c19-16(20)10-25-12-7-8-21-14(9-12)18(24)22-17-13-4-2-1-3-11(13)5-6-15(17)23/h1-4,7-9,15-17,23H,5-6,10H2,(H,22,24)/t15-,17+/m0/s1. The highest BCUT2D eigenvalue weighted by Gasteiger charge is 2.29. The normalized spacial score (nSPS) is 19.4.